The smallest absolute Gasteiger partial charge is 0.00876 e. The van der Waals surface area contributed by atoms with Gasteiger partial charge in [-0.05, 0) is 18.3 Å². The summed E-state index contributed by atoms with van der Waals surface area (Å²) in [5.41, 5.74) is 6.43. The van der Waals surface area contributed by atoms with Crippen molar-refractivity contribution in [3.05, 3.63) is 0 Å². The predicted octanol–water partition coefficient (Wildman–Crippen LogP) is 4.11. The Balaban J connectivity index is 3.55. The van der Waals surface area contributed by atoms with Crippen molar-refractivity contribution in [1.82, 2.24) is 0 Å². The summed E-state index contributed by atoms with van der Waals surface area (Å²) in [5, 5.41) is 0. The fraction of sp³-hybridized carbons (Fsp3) is 1.00. The zero-order chi connectivity index (χ0) is 11.0. The summed E-state index contributed by atoms with van der Waals surface area (Å²) in [6.45, 7) is 9.06. The van der Waals surface area contributed by atoms with Crippen molar-refractivity contribution in [2.75, 3.05) is 0 Å². The van der Waals surface area contributed by atoms with E-state index in [1.807, 2.05) is 0 Å². The first-order valence-corrected chi connectivity index (χ1v) is 6.30. The number of hydrogen-bond acceptors (Lipinski definition) is 1. The highest BCUT2D eigenvalue weighted by Crippen LogP contribution is 2.28. The fourth-order valence-corrected chi connectivity index (χ4v) is 1.92. The Morgan fingerprint density at radius 3 is 2.07 bits per heavy atom. The second kappa shape index (κ2) is 7.28. The molecule has 0 spiro atoms. The highest BCUT2D eigenvalue weighted by Gasteiger charge is 2.23. The minimum absolute atomic E-state index is 0.334. The van der Waals surface area contributed by atoms with Crippen molar-refractivity contribution in [1.29, 1.82) is 0 Å². The molecule has 0 aromatic rings. The van der Waals surface area contributed by atoms with E-state index < -0.39 is 0 Å². The molecule has 0 radical (unpaired) electrons. The summed E-state index contributed by atoms with van der Waals surface area (Å²) >= 11 is 0. The van der Waals surface area contributed by atoms with Gasteiger partial charge in [-0.25, -0.2) is 0 Å². The summed E-state index contributed by atoms with van der Waals surface area (Å²) in [5.74, 6) is 0. The molecule has 0 aromatic heterocycles. The Bertz CT molecular complexity index is 129. The third-order valence-electron chi connectivity index (χ3n) is 3.37. The summed E-state index contributed by atoms with van der Waals surface area (Å²) in [6.07, 6.45) is 9.23. The van der Waals surface area contributed by atoms with Crippen LogP contribution in [0.1, 0.15) is 72.6 Å². The minimum atomic E-state index is 0.334. The summed E-state index contributed by atoms with van der Waals surface area (Å²) in [6, 6.07) is 0.369. The largest absolute Gasteiger partial charge is 0.327 e. The molecule has 0 heterocycles. The van der Waals surface area contributed by atoms with Crippen molar-refractivity contribution >= 4 is 0 Å². The first-order chi connectivity index (χ1) is 6.54. The number of nitrogens with two attached hydrogens (primary N) is 1. The lowest BCUT2D eigenvalue weighted by Gasteiger charge is -2.31. The standard InChI is InChI=1S/C13H29N/c1-5-7-8-9-10-11-13(3,4)12(14)6-2/h12H,5-11,14H2,1-4H3. The first-order valence-electron chi connectivity index (χ1n) is 6.30. The molecule has 0 aliphatic heterocycles. The Morgan fingerprint density at radius 2 is 1.57 bits per heavy atom. The van der Waals surface area contributed by atoms with E-state index in [0.29, 0.717) is 11.5 Å². The SMILES string of the molecule is CCCCCCCC(C)(C)C(N)CC. The van der Waals surface area contributed by atoms with Crippen LogP contribution >= 0.6 is 0 Å². The highest BCUT2D eigenvalue weighted by atomic mass is 14.7. The van der Waals surface area contributed by atoms with Gasteiger partial charge in [0.05, 0.1) is 0 Å². The second-order valence-corrected chi connectivity index (χ2v) is 5.17. The average molecular weight is 199 g/mol. The maximum absolute atomic E-state index is 6.09. The molecule has 0 fully saturated rings. The predicted molar refractivity (Wildman–Crippen MR) is 65.4 cm³/mol. The molecule has 1 nitrogen and oxygen atoms in total. The quantitative estimate of drug-likeness (QED) is 0.585. The molecule has 0 bridgehead atoms. The number of rotatable bonds is 8. The van der Waals surface area contributed by atoms with E-state index in [9.17, 15) is 0 Å². The Hall–Kier alpha value is -0.0400. The van der Waals surface area contributed by atoms with Crippen LogP contribution in [-0.4, -0.2) is 6.04 Å². The van der Waals surface area contributed by atoms with Gasteiger partial charge in [-0.2, -0.15) is 0 Å². The molecule has 1 unspecified atom stereocenters. The molecule has 1 atom stereocenters. The third kappa shape index (κ3) is 5.64. The summed E-state index contributed by atoms with van der Waals surface area (Å²) in [7, 11) is 0. The molecule has 0 saturated heterocycles. The van der Waals surface area contributed by atoms with Crippen molar-refractivity contribution in [2.24, 2.45) is 11.1 Å². The van der Waals surface area contributed by atoms with Gasteiger partial charge in [0.15, 0.2) is 0 Å². The first kappa shape index (κ1) is 14.0. The molecule has 86 valence electrons. The molecule has 14 heavy (non-hydrogen) atoms. The van der Waals surface area contributed by atoms with E-state index in [-0.39, 0.29) is 0 Å². The van der Waals surface area contributed by atoms with Gasteiger partial charge in [0.2, 0.25) is 0 Å². The van der Waals surface area contributed by atoms with E-state index in [1.165, 1.54) is 38.5 Å². The van der Waals surface area contributed by atoms with Crippen LogP contribution in [0.15, 0.2) is 0 Å². The molecule has 1 heteroatoms. The van der Waals surface area contributed by atoms with Gasteiger partial charge in [0.25, 0.3) is 0 Å². The number of hydrogen-bond donors (Lipinski definition) is 1. The lowest BCUT2D eigenvalue weighted by Crippen LogP contribution is -2.36. The van der Waals surface area contributed by atoms with Crippen molar-refractivity contribution in [2.45, 2.75) is 78.7 Å². The van der Waals surface area contributed by atoms with Crippen LogP contribution in [0.25, 0.3) is 0 Å². The van der Waals surface area contributed by atoms with E-state index in [1.54, 1.807) is 0 Å². The van der Waals surface area contributed by atoms with E-state index in [0.717, 1.165) is 6.42 Å². The second-order valence-electron chi connectivity index (χ2n) is 5.17. The topological polar surface area (TPSA) is 26.0 Å². The Morgan fingerprint density at radius 1 is 1.00 bits per heavy atom. The van der Waals surface area contributed by atoms with Gasteiger partial charge in [-0.1, -0.05) is 59.8 Å². The molecule has 0 aliphatic carbocycles. The van der Waals surface area contributed by atoms with Crippen LogP contribution in [0, 0.1) is 5.41 Å². The molecule has 0 aromatic carbocycles. The lowest BCUT2D eigenvalue weighted by atomic mass is 9.79. The van der Waals surface area contributed by atoms with Gasteiger partial charge in [0, 0.05) is 6.04 Å². The summed E-state index contributed by atoms with van der Waals surface area (Å²) < 4.78 is 0. The molecule has 2 N–H and O–H groups in total. The third-order valence-corrected chi connectivity index (χ3v) is 3.37. The van der Waals surface area contributed by atoms with Crippen LogP contribution in [0.4, 0.5) is 0 Å². The molecular weight excluding hydrogens is 170 g/mol. The van der Waals surface area contributed by atoms with E-state index >= 15 is 0 Å². The average Bonchev–Trinajstić information content (AvgIpc) is 2.16. The fourth-order valence-electron chi connectivity index (χ4n) is 1.92. The lowest BCUT2D eigenvalue weighted by molar-refractivity contribution is 0.247. The van der Waals surface area contributed by atoms with Crippen molar-refractivity contribution in [3.8, 4) is 0 Å². The monoisotopic (exact) mass is 199 g/mol. The van der Waals surface area contributed by atoms with E-state index in [4.69, 9.17) is 5.73 Å². The molecular formula is C13H29N. The molecule has 0 saturated carbocycles. The highest BCUT2D eigenvalue weighted by molar-refractivity contribution is 4.79. The van der Waals surface area contributed by atoms with Crippen molar-refractivity contribution < 1.29 is 0 Å². The van der Waals surface area contributed by atoms with Crippen LogP contribution < -0.4 is 5.73 Å². The van der Waals surface area contributed by atoms with Crippen LogP contribution in [0.5, 0.6) is 0 Å². The Labute approximate surface area is 90.5 Å². The van der Waals surface area contributed by atoms with Crippen LogP contribution in [-0.2, 0) is 0 Å². The Kier molecular flexibility index (Phi) is 7.26. The van der Waals surface area contributed by atoms with Gasteiger partial charge in [-0.3, -0.25) is 0 Å². The maximum Gasteiger partial charge on any atom is 0.00876 e. The molecule has 0 amide bonds. The van der Waals surface area contributed by atoms with Gasteiger partial charge >= 0.3 is 0 Å². The van der Waals surface area contributed by atoms with Gasteiger partial charge < -0.3 is 5.73 Å². The maximum atomic E-state index is 6.09. The zero-order valence-electron chi connectivity index (χ0n) is 10.6. The van der Waals surface area contributed by atoms with Crippen LogP contribution in [0.2, 0.25) is 0 Å². The van der Waals surface area contributed by atoms with Gasteiger partial charge in [-0.15, -0.1) is 0 Å². The van der Waals surface area contributed by atoms with Gasteiger partial charge in [0.1, 0.15) is 0 Å². The normalized spacial score (nSPS) is 14.4. The molecule has 0 rings (SSSR count). The van der Waals surface area contributed by atoms with Crippen molar-refractivity contribution in [3.63, 3.8) is 0 Å². The minimum Gasteiger partial charge on any atom is -0.327 e. The van der Waals surface area contributed by atoms with E-state index in [2.05, 4.69) is 27.7 Å². The van der Waals surface area contributed by atoms with Crippen LogP contribution in [0.3, 0.4) is 0 Å². The zero-order valence-corrected chi connectivity index (χ0v) is 10.6. The molecule has 0 aliphatic rings. The number of unbranched alkanes of at least 4 members (excludes halogenated alkanes) is 4. The summed E-state index contributed by atoms with van der Waals surface area (Å²) in [4.78, 5) is 0.